The average molecular weight is 227 g/mol. The molecule has 5 heteroatoms. The molecule has 0 bridgehead atoms. The predicted molar refractivity (Wildman–Crippen MR) is 57.6 cm³/mol. The quantitative estimate of drug-likeness (QED) is 0.715. The second-order valence-electron chi connectivity index (χ2n) is 3.78. The molecular weight excluding hydrogens is 213 g/mol. The standard InChI is InChI=1S/C10H14NO3P/c11-9-6-10(15(12,13)14-7-9)8-4-2-1-3-5-8/h1-5,9-10H,6-7,11H2,(H,12,13)/t9-,10-/m1/s1. The van der Waals surface area contributed by atoms with Crippen LogP contribution in [0, 0.1) is 0 Å². The van der Waals surface area contributed by atoms with Gasteiger partial charge in [0.25, 0.3) is 0 Å². The molecule has 0 spiro atoms. The van der Waals surface area contributed by atoms with Crippen LogP contribution in [0.25, 0.3) is 0 Å². The predicted octanol–water partition coefficient (Wildman–Crippen LogP) is 1.66. The highest BCUT2D eigenvalue weighted by Gasteiger charge is 2.39. The molecule has 3 N–H and O–H groups in total. The third kappa shape index (κ3) is 2.29. The maximum Gasteiger partial charge on any atom is 0.335 e. The Hall–Kier alpha value is -0.670. The van der Waals surface area contributed by atoms with Crippen LogP contribution in [-0.2, 0) is 9.09 Å². The van der Waals surface area contributed by atoms with Gasteiger partial charge in [-0.15, -0.1) is 0 Å². The zero-order chi connectivity index (χ0) is 10.9. The largest absolute Gasteiger partial charge is 0.335 e. The monoisotopic (exact) mass is 227 g/mol. The van der Waals surface area contributed by atoms with E-state index in [-0.39, 0.29) is 12.6 Å². The summed E-state index contributed by atoms with van der Waals surface area (Å²) >= 11 is 0. The second kappa shape index (κ2) is 4.06. The molecule has 0 aromatic heterocycles. The topological polar surface area (TPSA) is 72.5 Å². The molecule has 0 saturated carbocycles. The SMILES string of the molecule is N[C@H]1COP(=O)(O)[C@@H](c2ccccc2)C1. The molecule has 1 aliphatic heterocycles. The Labute approximate surface area is 88.6 Å². The number of hydrogen-bond donors (Lipinski definition) is 2. The van der Waals surface area contributed by atoms with Gasteiger partial charge in [-0.1, -0.05) is 30.3 Å². The van der Waals surface area contributed by atoms with E-state index in [0.29, 0.717) is 6.42 Å². The second-order valence-corrected chi connectivity index (χ2v) is 5.79. The average Bonchev–Trinajstić information content (AvgIpc) is 2.23. The number of hydrogen-bond acceptors (Lipinski definition) is 3. The van der Waals surface area contributed by atoms with Crippen LogP contribution < -0.4 is 5.73 Å². The van der Waals surface area contributed by atoms with Crippen molar-refractivity contribution < 1.29 is 14.0 Å². The minimum absolute atomic E-state index is 0.163. The van der Waals surface area contributed by atoms with Gasteiger partial charge in [-0.2, -0.15) is 0 Å². The third-order valence-corrected chi connectivity index (χ3v) is 4.39. The van der Waals surface area contributed by atoms with Crippen molar-refractivity contribution in [1.29, 1.82) is 0 Å². The molecule has 0 amide bonds. The van der Waals surface area contributed by atoms with Crippen molar-refractivity contribution in [2.45, 2.75) is 18.1 Å². The van der Waals surface area contributed by atoms with Crippen molar-refractivity contribution >= 4 is 7.60 Å². The molecule has 3 atom stereocenters. The fraction of sp³-hybridized carbons (Fsp3) is 0.400. The van der Waals surface area contributed by atoms with Crippen LogP contribution in [0.2, 0.25) is 0 Å². The van der Waals surface area contributed by atoms with Crippen molar-refractivity contribution in [2.24, 2.45) is 5.73 Å². The molecule has 1 aromatic carbocycles. The van der Waals surface area contributed by atoms with Gasteiger partial charge in [0.1, 0.15) is 0 Å². The molecule has 1 aromatic rings. The summed E-state index contributed by atoms with van der Waals surface area (Å²) in [7, 11) is -3.54. The highest BCUT2D eigenvalue weighted by atomic mass is 31.2. The van der Waals surface area contributed by atoms with Crippen molar-refractivity contribution in [3.63, 3.8) is 0 Å². The van der Waals surface area contributed by atoms with Gasteiger partial charge in [0.15, 0.2) is 0 Å². The van der Waals surface area contributed by atoms with Crippen LogP contribution in [0.1, 0.15) is 17.6 Å². The minimum Gasteiger partial charge on any atom is -0.326 e. The summed E-state index contributed by atoms with van der Waals surface area (Å²) < 4.78 is 16.7. The van der Waals surface area contributed by atoms with E-state index in [4.69, 9.17) is 10.3 Å². The van der Waals surface area contributed by atoms with Gasteiger partial charge in [0.05, 0.1) is 12.3 Å². The number of rotatable bonds is 1. The number of nitrogens with two attached hydrogens (primary N) is 1. The Balaban J connectivity index is 2.30. The van der Waals surface area contributed by atoms with Gasteiger partial charge in [0.2, 0.25) is 0 Å². The van der Waals surface area contributed by atoms with Gasteiger partial charge in [0, 0.05) is 6.04 Å². The lowest BCUT2D eigenvalue weighted by atomic mass is 10.1. The third-order valence-electron chi connectivity index (χ3n) is 2.58. The van der Waals surface area contributed by atoms with Gasteiger partial charge in [-0.25, -0.2) is 0 Å². The van der Waals surface area contributed by atoms with Crippen LogP contribution in [0.5, 0.6) is 0 Å². The van der Waals surface area contributed by atoms with Crippen molar-refractivity contribution in [3.05, 3.63) is 35.9 Å². The lowest BCUT2D eigenvalue weighted by molar-refractivity contribution is 0.201. The van der Waals surface area contributed by atoms with Gasteiger partial charge in [-0.05, 0) is 12.0 Å². The van der Waals surface area contributed by atoms with Gasteiger partial charge >= 0.3 is 7.60 Å². The fourth-order valence-electron chi connectivity index (χ4n) is 1.78. The summed E-state index contributed by atoms with van der Waals surface area (Å²) in [6, 6.07) is 9.05. The van der Waals surface area contributed by atoms with E-state index >= 15 is 0 Å². The molecule has 15 heavy (non-hydrogen) atoms. The lowest BCUT2D eigenvalue weighted by Crippen LogP contribution is -2.32. The highest BCUT2D eigenvalue weighted by molar-refractivity contribution is 7.53. The van der Waals surface area contributed by atoms with Crippen molar-refractivity contribution in [1.82, 2.24) is 0 Å². The van der Waals surface area contributed by atoms with E-state index < -0.39 is 13.3 Å². The van der Waals surface area contributed by atoms with Crippen LogP contribution in [0.15, 0.2) is 30.3 Å². The van der Waals surface area contributed by atoms with E-state index in [2.05, 4.69) is 0 Å². The maximum atomic E-state index is 11.8. The summed E-state index contributed by atoms with van der Waals surface area (Å²) in [5.41, 5.74) is 6.06. The lowest BCUT2D eigenvalue weighted by Gasteiger charge is -2.31. The molecular formula is C10H14NO3P. The van der Waals surface area contributed by atoms with Crippen molar-refractivity contribution in [2.75, 3.05) is 6.61 Å². The summed E-state index contributed by atoms with van der Waals surface area (Å²) in [6.07, 6.45) is 0.498. The first-order chi connectivity index (χ1) is 7.09. The number of benzene rings is 1. The van der Waals surface area contributed by atoms with Crippen LogP contribution in [-0.4, -0.2) is 17.5 Å². The minimum atomic E-state index is -3.54. The van der Waals surface area contributed by atoms with E-state index in [1.54, 1.807) is 0 Å². The summed E-state index contributed by atoms with van der Waals surface area (Å²) in [5.74, 6) is 0. The van der Waals surface area contributed by atoms with E-state index in [9.17, 15) is 9.46 Å². The van der Waals surface area contributed by atoms with Gasteiger partial charge in [-0.3, -0.25) is 4.57 Å². The normalized spacial score (nSPS) is 36.4. The Kier molecular flexibility index (Phi) is 2.94. The summed E-state index contributed by atoms with van der Waals surface area (Å²) in [4.78, 5) is 9.68. The molecule has 1 unspecified atom stereocenters. The smallest absolute Gasteiger partial charge is 0.326 e. The molecule has 82 valence electrons. The summed E-state index contributed by atoms with van der Waals surface area (Å²) in [5, 5.41) is 0. The molecule has 1 aliphatic rings. The Morgan fingerprint density at radius 2 is 2.07 bits per heavy atom. The van der Waals surface area contributed by atoms with E-state index in [0.717, 1.165) is 5.56 Å². The Morgan fingerprint density at radius 3 is 2.73 bits per heavy atom. The molecule has 1 fully saturated rings. The maximum absolute atomic E-state index is 11.8. The first kappa shape index (κ1) is 10.8. The van der Waals surface area contributed by atoms with E-state index in [1.807, 2.05) is 30.3 Å². The van der Waals surface area contributed by atoms with Gasteiger partial charge < -0.3 is 15.2 Å². The zero-order valence-corrected chi connectivity index (χ0v) is 9.14. The molecule has 2 rings (SSSR count). The molecule has 0 radical (unpaired) electrons. The molecule has 4 nitrogen and oxygen atoms in total. The van der Waals surface area contributed by atoms with E-state index in [1.165, 1.54) is 0 Å². The van der Waals surface area contributed by atoms with Crippen LogP contribution in [0.4, 0.5) is 0 Å². The fourth-order valence-corrected chi connectivity index (χ4v) is 3.45. The van der Waals surface area contributed by atoms with Crippen molar-refractivity contribution in [3.8, 4) is 0 Å². The summed E-state index contributed by atoms with van der Waals surface area (Å²) in [6.45, 7) is 0.164. The molecule has 1 saturated heterocycles. The highest BCUT2D eigenvalue weighted by Crippen LogP contribution is 2.60. The first-order valence-electron chi connectivity index (χ1n) is 4.87. The molecule has 0 aliphatic carbocycles. The Bertz CT molecular complexity index is 382. The van der Waals surface area contributed by atoms with Crippen LogP contribution >= 0.6 is 7.60 Å². The molecule has 1 heterocycles. The zero-order valence-electron chi connectivity index (χ0n) is 8.24. The van der Waals surface area contributed by atoms with Crippen LogP contribution in [0.3, 0.4) is 0 Å². The first-order valence-corrected chi connectivity index (χ1v) is 6.52. The Morgan fingerprint density at radius 1 is 1.40 bits per heavy atom.